The van der Waals surface area contributed by atoms with Crippen LogP contribution in [0.2, 0.25) is 39.3 Å². The van der Waals surface area contributed by atoms with Crippen molar-refractivity contribution in [3.05, 3.63) is 192 Å². The average Bonchev–Trinajstić information content (AvgIpc) is 4.28. The van der Waals surface area contributed by atoms with Crippen molar-refractivity contribution < 1.29 is 27.3 Å². The topological polar surface area (TPSA) is 48.8 Å². The van der Waals surface area contributed by atoms with Gasteiger partial charge in [-0.15, -0.1) is 53.2 Å². The largest absolute Gasteiger partial charge is 0.501 e. The normalized spacial score (nSPS) is 12.8. The number of para-hydroxylation sites is 5. The summed E-state index contributed by atoms with van der Waals surface area (Å²) in [6.45, 7) is 31.0. The van der Waals surface area contributed by atoms with Gasteiger partial charge in [-0.1, -0.05) is 196 Å². The van der Waals surface area contributed by atoms with Crippen LogP contribution in [-0.2, 0) is 20.1 Å². The molecule has 76 heavy (non-hydrogen) atoms. The third kappa shape index (κ3) is 10.2. The van der Waals surface area contributed by atoms with Crippen molar-refractivity contribution in [2.75, 3.05) is 0 Å². The van der Waals surface area contributed by atoms with E-state index in [0.717, 1.165) is 78.2 Å². The maximum atomic E-state index is 8.90. The van der Waals surface area contributed by atoms with E-state index in [2.05, 4.69) is 204 Å². The van der Waals surface area contributed by atoms with Gasteiger partial charge in [-0.25, -0.2) is 0 Å². The van der Waals surface area contributed by atoms with E-state index in [1.807, 2.05) is 70.2 Å². The van der Waals surface area contributed by atoms with Crippen LogP contribution >= 0.6 is 0 Å². The van der Waals surface area contributed by atoms with Gasteiger partial charge in [0.1, 0.15) is 5.58 Å². The maximum Gasteiger partial charge on any atom is 0.120 e. The molecule has 5 nitrogen and oxygen atoms in total. The molecule has 3 aromatic heterocycles. The van der Waals surface area contributed by atoms with Crippen molar-refractivity contribution in [3.8, 4) is 45.3 Å². The van der Waals surface area contributed by atoms with Gasteiger partial charge in [0.05, 0.1) is 47.4 Å². The number of nitrogens with zero attached hydrogens (tertiary/aromatic N) is 4. The summed E-state index contributed by atoms with van der Waals surface area (Å²) in [5.41, 5.74) is 16.4. The molecule has 0 aliphatic carbocycles. The second-order valence-electron chi connectivity index (χ2n) is 23.3. The van der Waals surface area contributed by atoms with Crippen molar-refractivity contribution in [3.63, 3.8) is 0 Å². The standard InChI is InChI=1S/C40H39N2OSi.C28H33N2Si.Ir/c1-25(2)31-23-28(27-15-9-8-10-16-27)24-32(26(3)4)38(31)42-34-20-12-11-19-33(34)41-40(42)30-18-13-17-29-37-35(43-39(29)30)21-14-22-36(37)44(5,6)7;1-19(2)23-11-10-12-24(20(3)4)27(23)30-26-14-9-8-13-25(26)29-28(30)21-15-17-22(18-16-21)31(5,6)7;/h8-17,19-26H,1-7H3;8-15,17-20H,1-7H3;/q2*-1;/i;19D,20D;. The molecule has 0 saturated heterocycles. The molecule has 0 aliphatic rings. The van der Waals surface area contributed by atoms with Gasteiger partial charge in [-0.2, -0.15) is 0 Å². The first-order chi connectivity index (χ1) is 36.4. The van der Waals surface area contributed by atoms with Crippen molar-refractivity contribution in [1.82, 2.24) is 19.1 Å². The van der Waals surface area contributed by atoms with E-state index in [4.69, 9.17) is 17.1 Å². The van der Waals surface area contributed by atoms with E-state index in [1.165, 1.54) is 43.7 Å². The van der Waals surface area contributed by atoms with Crippen LogP contribution in [0.3, 0.4) is 0 Å². The number of imidazole rings is 2. The summed E-state index contributed by atoms with van der Waals surface area (Å²) in [7, 11) is -3.07. The Morgan fingerprint density at radius 2 is 1.07 bits per heavy atom. The predicted octanol–water partition coefficient (Wildman–Crippen LogP) is 18.1. The minimum atomic E-state index is -1.63. The Labute approximate surface area is 469 Å². The van der Waals surface area contributed by atoms with Gasteiger partial charge in [-0.3, -0.25) is 9.97 Å². The molecular formula is C68H72IrN4OSi2-2. The van der Waals surface area contributed by atoms with E-state index in [0.29, 0.717) is 11.8 Å². The van der Waals surface area contributed by atoms with E-state index >= 15 is 0 Å². The minimum absolute atomic E-state index is 0. The van der Waals surface area contributed by atoms with Gasteiger partial charge < -0.3 is 13.6 Å². The Balaban J connectivity index is 0.000000195. The van der Waals surface area contributed by atoms with Crippen LogP contribution in [0.25, 0.3) is 89.3 Å². The van der Waals surface area contributed by atoms with E-state index < -0.39 is 27.9 Å². The summed E-state index contributed by atoms with van der Waals surface area (Å²) in [4.78, 5) is 10.3. The van der Waals surface area contributed by atoms with Crippen molar-refractivity contribution in [2.24, 2.45) is 0 Å². The van der Waals surface area contributed by atoms with E-state index in [9.17, 15) is 0 Å². The number of benzene rings is 8. The van der Waals surface area contributed by atoms with Gasteiger partial charge in [0, 0.05) is 47.7 Å². The number of furan rings is 1. The molecule has 0 fully saturated rings. The summed E-state index contributed by atoms with van der Waals surface area (Å²) in [6, 6.07) is 62.3. The van der Waals surface area contributed by atoms with Gasteiger partial charge in [-0.05, 0) is 99.5 Å². The number of aromatic nitrogens is 4. The molecular weight excluding hydrogens is 1140 g/mol. The molecule has 0 unspecified atom stereocenters. The molecule has 0 saturated carbocycles. The molecule has 0 N–H and O–H groups in total. The van der Waals surface area contributed by atoms with Crippen molar-refractivity contribution >= 4 is 70.5 Å². The van der Waals surface area contributed by atoms with Crippen LogP contribution in [0.15, 0.2) is 162 Å². The summed E-state index contributed by atoms with van der Waals surface area (Å²) >= 11 is 0. The fraction of sp³-hybridized carbons (Fsp3) is 0.265. The third-order valence-electron chi connectivity index (χ3n) is 14.6. The van der Waals surface area contributed by atoms with E-state index in [1.54, 1.807) is 0 Å². The Bertz CT molecular complexity index is 3910. The Morgan fingerprint density at radius 3 is 1.61 bits per heavy atom. The molecule has 1 radical (unpaired) electrons. The molecule has 0 bridgehead atoms. The minimum Gasteiger partial charge on any atom is -0.501 e. The number of rotatable bonds is 11. The molecule has 3 heterocycles. The Morgan fingerprint density at radius 1 is 0.526 bits per heavy atom. The van der Waals surface area contributed by atoms with Crippen LogP contribution in [0, 0.1) is 12.1 Å². The quantitative estimate of drug-likeness (QED) is 0.0958. The average molecular weight is 1210 g/mol. The maximum absolute atomic E-state index is 8.90. The third-order valence-corrected chi connectivity index (χ3v) is 18.7. The second kappa shape index (κ2) is 21.5. The summed E-state index contributed by atoms with van der Waals surface area (Å²) < 4.78 is 29.1. The smallest absolute Gasteiger partial charge is 0.120 e. The molecule has 389 valence electrons. The second-order valence-corrected chi connectivity index (χ2v) is 33.4. The summed E-state index contributed by atoms with van der Waals surface area (Å²) in [6.07, 6.45) is 0. The van der Waals surface area contributed by atoms with Crippen LogP contribution in [0.4, 0.5) is 0 Å². The molecule has 11 aromatic rings. The first kappa shape index (κ1) is 51.7. The van der Waals surface area contributed by atoms with Crippen LogP contribution in [0.1, 0.15) is 104 Å². The molecule has 8 aromatic carbocycles. The van der Waals surface area contributed by atoms with Gasteiger partial charge in [0.15, 0.2) is 0 Å². The first-order valence-corrected chi connectivity index (χ1v) is 33.6. The van der Waals surface area contributed by atoms with Crippen LogP contribution in [0.5, 0.6) is 0 Å². The molecule has 0 atom stereocenters. The van der Waals surface area contributed by atoms with Crippen molar-refractivity contribution in [2.45, 2.75) is 118 Å². The Hall–Kier alpha value is -6.42. The van der Waals surface area contributed by atoms with Gasteiger partial charge >= 0.3 is 0 Å². The van der Waals surface area contributed by atoms with Crippen molar-refractivity contribution in [1.29, 1.82) is 0 Å². The fourth-order valence-electron chi connectivity index (χ4n) is 10.7. The first-order valence-electron chi connectivity index (χ1n) is 27.6. The van der Waals surface area contributed by atoms with Gasteiger partial charge in [0.2, 0.25) is 0 Å². The number of hydrogen-bond donors (Lipinski definition) is 0. The zero-order valence-corrected chi connectivity index (χ0v) is 51.1. The molecule has 0 spiro atoms. The Kier molecular flexibility index (Phi) is 14.6. The molecule has 11 rings (SSSR count). The predicted molar refractivity (Wildman–Crippen MR) is 326 cm³/mol. The zero-order valence-electron chi connectivity index (χ0n) is 48.7. The molecule has 8 heteroatoms. The van der Waals surface area contributed by atoms with Crippen LogP contribution < -0.4 is 10.4 Å². The molecule has 0 aliphatic heterocycles. The van der Waals surface area contributed by atoms with Gasteiger partial charge in [0.25, 0.3) is 0 Å². The monoisotopic (exact) mass is 1210 g/mol. The number of fused-ring (bicyclic) bond motifs is 5. The molecule has 0 amide bonds. The fourth-order valence-corrected chi connectivity index (χ4v) is 13.4. The van der Waals surface area contributed by atoms with Crippen LogP contribution in [-0.4, -0.2) is 35.2 Å². The summed E-state index contributed by atoms with van der Waals surface area (Å²) in [5.74, 6) is 0.563. The number of hydrogen-bond acceptors (Lipinski definition) is 3. The zero-order chi connectivity index (χ0) is 54.9. The van der Waals surface area contributed by atoms with E-state index in [-0.39, 0.29) is 20.1 Å². The summed E-state index contributed by atoms with van der Waals surface area (Å²) in [5, 5.41) is 5.14. The SMILES string of the molecule is CC(C)c1cc(-c2ccccc2)cc(C(C)C)c1-n1c(-c2[c-]ccc3c2oc2cccc([Si](C)(C)C)c23)nc2ccccc21.[2H]C(C)(C)c1cccc(C([2H])(C)C)c1-n1c(-c2[c-]cc([Si](C)(C)C)cc2)nc2ccccc21.[Ir].